The van der Waals surface area contributed by atoms with Crippen LogP contribution in [0, 0.1) is 5.82 Å². The molecule has 0 saturated carbocycles. The average molecular weight is 648 g/mol. The second-order valence-corrected chi connectivity index (χ2v) is 12.1. The molecule has 0 radical (unpaired) electrons. The molecule has 3 aromatic carbocycles. The molecule has 1 atom stereocenters. The molecule has 3 N–H and O–H groups in total. The molecule has 0 fully saturated rings. The Hall–Kier alpha value is -4.91. The number of nitrogens with zero attached hydrogens (tertiary/aromatic N) is 2. The Balaban J connectivity index is 2.05. The van der Waals surface area contributed by atoms with Gasteiger partial charge in [-0.2, -0.15) is 12.7 Å². The van der Waals surface area contributed by atoms with E-state index in [1.54, 1.807) is 66.9 Å². The average Bonchev–Trinajstić information content (AvgIpc) is 3.36. The summed E-state index contributed by atoms with van der Waals surface area (Å²) in [6.07, 6.45) is 0.617. The summed E-state index contributed by atoms with van der Waals surface area (Å²) in [6.45, 7) is 3.56. The molecule has 0 aliphatic rings. The highest BCUT2D eigenvalue weighted by molar-refractivity contribution is 7.91. The van der Waals surface area contributed by atoms with Crippen LogP contribution in [0.2, 0.25) is 0 Å². The lowest BCUT2D eigenvalue weighted by atomic mass is 9.94. The third kappa shape index (κ3) is 7.65. The van der Waals surface area contributed by atoms with Crippen molar-refractivity contribution >= 4 is 39.6 Å². The van der Waals surface area contributed by atoms with E-state index >= 15 is 0 Å². The standard InChI is InChI=1S/C34H34FN3O7S/c1-22(2)37-29(19-18-27(39)20-28(40)21-30(41)45-3)31(24-14-16-25(35)17-15-24)32(23-10-6-4-7-11-23)33(37)34(42)38(46(36,43)44)26-12-8-5-9-13-26/h4-19,22,28,40H,20-21H2,1-3H3,(H2,36,43,44). The smallest absolute Gasteiger partial charge is 0.308 e. The van der Waals surface area contributed by atoms with Gasteiger partial charge in [0, 0.05) is 23.6 Å². The quantitative estimate of drug-likeness (QED) is 0.157. The van der Waals surface area contributed by atoms with E-state index in [4.69, 9.17) is 5.14 Å². The third-order valence-electron chi connectivity index (χ3n) is 7.08. The number of ketones is 1. The van der Waals surface area contributed by atoms with Crippen LogP contribution in [0.25, 0.3) is 28.3 Å². The number of halogens is 1. The summed E-state index contributed by atoms with van der Waals surface area (Å²) in [7, 11) is -3.48. The Kier molecular flexibility index (Phi) is 10.7. The number of hydrogen-bond acceptors (Lipinski definition) is 7. The Morgan fingerprint density at radius 1 is 0.913 bits per heavy atom. The first-order valence-corrected chi connectivity index (χ1v) is 15.8. The molecule has 4 rings (SSSR count). The Morgan fingerprint density at radius 2 is 1.48 bits per heavy atom. The van der Waals surface area contributed by atoms with Crippen molar-refractivity contribution in [3.05, 3.63) is 108 Å². The van der Waals surface area contributed by atoms with Crippen LogP contribution in [-0.4, -0.2) is 49.0 Å². The summed E-state index contributed by atoms with van der Waals surface area (Å²) in [5.41, 5.74) is 2.08. The van der Waals surface area contributed by atoms with Crippen LogP contribution < -0.4 is 9.44 Å². The molecule has 4 aromatic rings. The molecule has 1 aromatic heterocycles. The van der Waals surface area contributed by atoms with Crippen molar-refractivity contribution in [1.29, 1.82) is 0 Å². The first-order chi connectivity index (χ1) is 21.8. The molecular formula is C34H34FN3O7S. The van der Waals surface area contributed by atoms with Gasteiger partial charge in [-0.15, -0.1) is 0 Å². The summed E-state index contributed by atoms with van der Waals surface area (Å²) in [5.74, 6) is -2.65. The lowest BCUT2D eigenvalue weighted by Crippen LogP contribution is -2.42. The zero-order valence-electron chi connectivity index (χ0n) is 25.5. The van der Waals surface area contributed by atoms with E-state index in [0.29, 0.717) is 32.3 Å². The van der Waals surface area contributed by atoms with Crippen molar-refractivity contribution in [2.45, 2.75) is 38.8 Å². The van der Waals surface area contributed by atoms with Crippen LogP contribution in [0.1, 0.15) is 48.9 Å². The topological polar surface area (TPSA) is 149 Å². The zero-order chi connectivity index (χ0) is 33.6. The van der Waals surface area contributed by atoms with E-state index in [1.807, 2.05) is 0 Å². The second kappa shape index (κ2) is 14.5. The van der Waals surface area contributed by atoms with Gasteiger partial charge in [-0.25, -0.2) is 9.53 Å². The molecule has 1 heterocycles. The number of benzene rings is 3. The SMILES string of the molecule is COC(=O)CC(O)CC(=O)C=Cc1c(-c2ccc(F)cc2)c(-c2ccccc2)c(C(=O)N(c2ccccc2)S(N)(=O)=O)n1C(C)C. The van der Waals surface area contributed by atoms with Crippen LogP contribution in [0.4, 0.5) is 10.1 Å². The number of aromatic nitrogens is 1. The van der Waals surface area contributed by atoms with Crippen molar-refractivity contribution in [3.8, 4) is 22.3 Å². The van der Waals surface area contributed by atoms with Gasteiger partial charge in [-0.3, -0.25) is 14.4 Å². The maximum absolute atomic E-state index is 14.6. The number of aliphatic hydroxyl groups is 1. The van der Waals surface area contributed by atoms with Gasteiger partial charge in [0.2, 0.25) is 0 Å². The first kappa shape index (κ1) is 34.0. The highest BCUT2D eigenvalue weighted by Crippen LogP contribution is 2.43. The van der Waals surface area contributed by atoms with E-state index in [-0.39, 0.29) is 24.2 Å². The Labute approximate surface area is 266 Å². The number of carbonyl (C=O) groups is 3. The third-order valence-corrected chi connectivity index (χ3v) is 7.97. The Bertz CT molecular complexity index is 1850. The molecule has 10 nitrogen and oxygen atoms in total. The number of rotatable bonds is 12. The molecule has 0 spiro atoms. The molecule has 0 aliphatic heterocycles. The van der Waals surface area contributed by atoms with Gasteiger partial charge in [-0.1, -0.05) is 60.7 Å². The number of methoxy groups -OCH3 is 1. The normalized spacial score (nSPS) is 12.3. The monoisotopic (exact) mass is 647 g/mol. The lowest BCUT2D eigenvalue weighted by molar-refractivity contribution is -0.143. The fraction of sp³-hybridized carbons (Fsp3) is 0.206. The predicted molar refractivity (Wildman–Crippen MR) is 173 cm³/mol. The van der Waals surface area contributed by atoms with Gasteiger partial charge in [0.25, 0.3) is 5.91 Å². The maximum Gasteiger partial charge on any atom is 0.308 e. The van der Waals surface area contributed by atoms with Crippen molar-refractivity contribution in [2.24, 2.45) is 5.14 Å². The van der Waals surface area contributed by atoms with Crippen molar-refractivity contribution in [1.82, 2.24) is 4.57 Å². The van der Waals surface area contributed by atoms with Gasteiger partial charge in [0.1, 0.15) is 11.5 Å². The van der Waals surface area contributed by atoms with E-state index in [0.717, 1.165) is 0 Å². The van der Waals surface area contributed by atoms with Gasteiger partial charge in [0.15, 0.2) is 5.78 Å². The van der Waals surface area contributed by atoms with Crippen LogP contribution in [-0.2, 0) is 24.5 Å². The summed E-state index contributed by atoms with van der Waals surface area (Å²) < 4.78 is 46.8. The highest BCUT2D eigenvalue weighted by atomic mass is 32.2. The number of amides is 1. The number of carbonyl (C=O) groups excluding carboxylic acids is 3. The second-order valence-electron chi connectivity index (χ2n) is 10.7. The minimum absolute atomic E-state index is 0.0145. The number of allylic oxidation sites excluding steroid dienone is 1. The van der Waals surface area contributed by atoms with E-state index in [1.165, 1.54) is 55.7 Å². The summed E-state index contributed by atoms with van der Waals surface area (Å²) in [5, 5.41) is 15.9. The molecule has 12 heteroatoms. The number of nitrogens with two attached hydrogens (primary N) is 1. The van der Waals surface area contributed by atoms with Crippen LogP contribution >= 0.6 is 0 Å². The van der Waals surface area contributed by atoms with Gasteiger partial charge in [0.05, 0.1) is 31.0 Å². The lowest BCUT2D eigenvalue weighted by Gasteiger charge is -2.23. The fourth-order valence-electron chi connectivity index (χ4n) is 5.17. The molecule has 0 saturated heterocycles. The number of hydrogen-bond donors (Lipinski definition) is 2. The predicted octanol–water partition coefficient (Wildman–Crippen LogP) is 5.29. The maximum atomic E-state index is 14.6. The molecule has 46 heavy (non-hydrogen) atoms. The fourth-order valence-corrected chi connectivity index (χ4v) is 5.90. The molecule has 1 amide bonds. The summed E-state index contributed by atoms with van der Waals surface area (Å²) >= 11 is 0. The van der Waals surface area contributed by atoms with Crippen molar-refractivity contribution in [3.63, 3.8) is 0 Å². The van der Waals surface area contributed by atoms with E-state index < -0.39 is 45.8 Å². The van der Waals surface area contributed by atoms with E-state index in [9.17, 15) is 32.3 Å². The Morgan fingerprint density at radius 3 is 2.02 bits per heavy atom. The number of esters is 1. The summed E-state index contributed by atoms with van der Waals surface area (Å²) in [6, 6.07) is 21.5. The molecule has 1 unspecified atom stereocenters. The molecular weight excluding hydrogens is 613 g/mol. The number of para-hydroxylation sites is 1. The van der Waals surface area contributed by atoms with Gasteiger partial charge >= 0.3 is 16.2 Å². The van der Waals surface area contributed by atoms with Crippen molar-refractivity contribution < 1.29 is 37.0 Å². The minimum atomic E-state index is -4.65. The summed E-state index contributed by atoms with van der Waals surface area (Å²) in [4.78, 5) is 39.1. The van der Waals surface area contributed by atoms with Crippen molar-refractivity contribution in [2.75, 3.05) is 11.4 Å². The highest BCUT2D eigenvalue weighted by Gasteiger charge is 2.36. The largest absolute Gasteiger partial charge is 0.469 e. The molecule has 240 valence electrons. The van der Waals surface area contributed by atoms with Crippen LogP contribution in [0.3, 0.4) is 0 Å². The van der Waals surface area contributed by atoms with E-state index in [2.05, 4.69) is 4.74 Å². The number of aliphatic hydroxyl groups excluding tert-OH is 1. The van der Waals surface area contributed by atoms with Crippen LogP contribution in [0.15, 0.2) is 91.0 Å². The molecule has 0 aliphatic carbocycles. The zero-order valence-corrected chi connectivity index (χ0v) is 26.3. The van der Waals surface area contributed by atoms with Gasteiger partial charge in [-0.05, 0) is 61.4 Å². The van der Waals surface area contributed by atoms with Gasteiger partial charge < -0.3 is 14.4 Å². The number of anilines is 1. The number of ether oxygens (including phenoxy) is 1. The first-order valence-electron chi connectivity index (χ1n) is 14.3. The van der Waals surface area contributed by atoms with Crippen LogP contribution in [0.5, 0.6) is 0 Å². The minimum Gasteiger partial charge on any atom is -0.469 e. The molecule has 0 bridgehead atoms.